The molecule has 7 heteroatoms. The smallest absolute Gasteiger partial charge is 0.331 e. The highest BCUT2D eigenvalue weighted by Gasteiger charge is 2.18. The van der Waals surface area contributed by atoms with E-state index in [4.69, 9.17) is 18.9 Å². The summed E-state index contributed by atoms with van der Waals surface area (Å²) in [4.78, 5) is 24.9. The number of benzene rings is 3. The number of carbonyl (C=O) groups is 2. The fourth-order valence-corrected chi connectivity index (χ4v) is 3.40. The Hall–Kier alpha value is -4.26. The molecule has 182 valence electrons. The lowest BCUT2D eigenvalue weighted by Crippen LogP contribution is -2.33. The van der Waals surface area contributed by atoms with E-state index >= 15 is 0 Å². The van der Waals surface area contributed by atoms with Crippen LogP contribution in [-0.2, 0) is 14.3 Å². The number of rotatable bonds is 11. The number of ether oxygens (including phenoxy) is 4. The number of nitrogens with one attached hydrogen (secondary N) is 1. The first-order chi connectivity index (χ1) is 17.0. The molecule has 3 aromatic rings. The van der Waals surface area contributed by atoms with Gasteiger partial charge in [-0.25, -0.2) is 4.79 Å². The van der Waals surface area contributed by atoms with Crippen molar-refractivity contribution in [3.63, 3.8) is 0 Å². The van der Waals surface area contributed by atoms with Gasteiger partial charge < -0.3 is 24.3 Å². The molecule has 1 N–H and O–H groups in total. The van der Waals surface area contributed by atoms with Gasteiger partial charge in [0.1, 0.15) is 17.2 Å². The minimum Gasteiger partial charge on any atom is -0.497 e. The summed E-state index contributed by atoms with van der Waals surface area (Å²) in [6, 6.07) is 21.7. The molecule has 35 heavy (non-hydrogen) atoms. The molecule has 0 radical (unpaired) electrons. The molecule has 0 unspecified atom stereocenters. The average Bonchev–Trinajstić information content (AvgIpc) is 2.90. The Morgan fingerprint density at radius 2 is 1.43 bits per heavy atom. The second-order valence-electron chi connectivity index (χ2n) is 7.46. The summed E-state index contributed by atoms with van der Waals surface area (Å²) in [7, 11) is 3.19. The van der Waals surface area contributed by atoms with Gasteiger partial charge in [-0.3, -0.25) is 4.79 Å². The molecule has 7 nitrogen and oxygen atoms in total. The Morgan fingerprint density at radius 3 is 1.97 bits per heavy atom. The monoisotopic (exact) mass is 475 g/mol. The molecule has 0 aliphatic rings. The lowest BCUT2D eigenvalue weighted by molar-refractivity contribution is -0.143. The highest BCUT2D eigenvalue weighted by Crippen LogP contribution is 2.26. The van der Waals surface area contributed by atoms with Gasteiger partial charge in [0.2, 0.25) is 0 Å². The van der Waals surface area contributed by atoms with Gasteiger partial charge in [0.15, 0.2) is 6.61 Å². The Kier molecular flexibility index (Phi) is 9.31. The Balaban J connectivity index is 1.66. The topological polar surface area (TPSA) is 83.1 Å². The predicted molar refractivity (Wildman–Crippen MR) is 134 cm³/mol. The second-order valence-corrected chi connectivity index (χ2v) is 7.46. The number of hydrogen-bond donors (Lipinski definition) is 1. The van der Waals surface area contributed by atoms with Crippen LogP contribution in [0.1, 0.15) is 29.7 Å². The van der Waals surface area contributed by atoms with Crippen molar-refractivity contribution >= 4 is 18.0 Å². The summed E-state index contributed by atoms with van der Waals surface area (Å²) >= 11 is 0. The molecule has 0 atom stereocenters. The first kappa shape index (κ1) is 25.4. The molecular weight excluding hydrogens is 446 g/mol. The third kappa shape index (κ3) is 7.37. The van der Waals surface area contributed by atoms with Gasteiger partial charge in [-0.2, -0.15) is 0 Å². The molecule has 3 rings (SSSR count). The zero-order chi connectivity index (χ0) is 25.0. The quantitative estimate of drug-likeness (QED) is 0.323. The molecule has 0 aliphatic carbocycles. The number of hydrogen-bond acceptors (Lipinski definition) is 6. The molecule has 0 bridgehead atoms. The van der Waals surface area contributed by atoms with E-state index in [1.807, 2.05) is 79.7 Å². The Bertz CT molecular complexity index is 1090. The van der Waals surface area contributed by atoms with Crippen molar-refractivity contribution in [2.24, 2.45) is 0 Å². The number of methoxy groups -OCH3 is 2. The largest absolute Gasteiger partial charge is 0.497 e. The van der Waals surface area contributed by atoms with Crippen molar-refractivity contribution in [2.45, 2.75) is 13.0 Å². The van der Waals surface area contributed by atoms with Crippen LogP contribution in [0.15, 0.2) is 78.9 Å². The number of esters is 1. The zero-order valence-corrected chi connectivity index (χ0v) is 20.0. The van der Waals surface area contributed by atoms with E-state index in [-0.39, 0.29) is 0 Å². The van der Waals surface area contributed by atoms with Gasteiger partial charge in [-0.15, -0.1) is 0 Å². The molecule has 0 fully saturated rings. The van der Waals surface area contributed by atoms with Gasteiger partial charge in [0, 0.05) is 11.6 Å². The lowest BCUT2D eigenvalue weighted by atomic mass is 9.98. The first-order valence-electron chi connectivity index (χ1n) is 11.2. The highest BCUT2D eigenvalue weighted by molar-refractivity contribution is 5.89. The summed E-state index contributed by atoms with van der Waals surface area (Å²) < 4.78 is 21.2. The second kappa shape index (κ2) is 12.8. The standard InChI is InChI=1S/C28H29NO6/c1-4-34-25-8-6-5-7-20(25)13-18-27(31)35-19-26(30)29-28(21-9-14-23(32-2)15-10-21)22-11-16-24(33-3)17-12-22/h5-18,28H,4,19H2,1-3H3,(H,29,30)/b18-13+. The summed E-state index contributed by atoms with van der Waals surface area (Å²) in [5.74, 6) is 1.02. The molecule has 0 saturated carbocycles. The van der Waals surface area contributed by atoms with Crippen LogP contribution in [0.5, 0.6) is 17.2 Å². The third-order valence-electron chi connectivity index (χ3n) is 5.17. The van der Waals surface area contributed by atoms with Crippen molar-refractivity contribution in [3.8, 4) is 17.2 Å². The van der Waals surface area contributed by atoms with Crippen LogP contribution in [0.4, 0.5) is 0 Å². The SMILES string of the molecule is CCOc1ccccc1/C=C/C(=O)OCC(=O)NC(c1ccc(OC)cc1)c1ccc(OC)cc1. The lowest BCUT2D eigenvalue weighted by Gasteiger charge is -2.20. The van der Waals surface area contributed by atoms with Gasteiger partial charge in [0.25, 0.3) is 5.91 Å². The molecule has 0 aromatic heterocycles. The van der Waals surface area contributed by atoms with Crippen molar-refractivity contribution in [1.82, 2.24) is 5.32 Å². The van der Waals surface area contributed by atoms with E-state index in [0.717, 1.165) is 16.7 Å². The van der Waals surface area contributed by atoms with Crippen LogP contribution in [0.3, 0.4) is 0 Å². The maximum Gasteiger partial charge on any atom is 0.331 e. The molecule has 0 heterocycles. The van der Waals surface area contributed by atoms with Crippen molar-refractivity contribution in [1.29, 1.82) is 0 Å². The van der Waals surface area contributed by atoms with Crippen molar-refractivity contribution in [2.75, 3.05) is 27.4 Å². The minimum absolute atomic E-state index is 0.418. The van der Waals surface area contributed by atoms with E-state index in [0.29, 0.717) is 23.9 Å². The minimum atomic E-state index is -0.628. The van der Waals surface area contributed by atoms with Crippen LogP contribution in [0.25, 0.3) is 6.08 Å². The molecule has 0 spiro atoms. The summed E-state index contributed by atoms with van der Waals surface area (Å²) in [5, 5.41) is 2.94. The Morgan fingerprint density at radius 1 is 0.857 bits per heavy atom. The van der Waals surface area contributed by atoms with Crippen molar-refractivity contribution in [3.05, 3.63) is 95.6 Å². The van der Waals surface area contributed by atoms with Crippen LogP contribution >= 0.6 is 0 Å². The first-order valence-corrected chi connectivity index (χ1v) is 11.2. The fourth-order valence-electron chi connectivity index (χ4n) is 3.40. The van der Waals surface area contributed by atoms with Crippen LogP contribution < -0.4 is 19.5 Å². The fraction of sp³-hybridized carbons (Fsp3) is 0.214. The molecule has 0 aliphatic heterocycles. The number of carbonyl (C=O) groups excluding carboxylic acids is 2. The van der Waals surface area contributed by atoms with Gasteiger partial charge in [-0.05, 0) is 54.5 Å². The van der Waals surface area contributed by atoms with Crippen molar-refractivity contribution < 1.29 is 28.5 Å². The third-order valence-corrected chi connectivity index (χ3v) is 5.17. The molecule has 3 aromatic carbocycles. The maximum absolute atomic E-state index is 12.7. The normalized spacial score (nSPS) is 10.7. The zero-order valence-electron chi connectivity index (χ0n) is 20.0. The van der Waals surface area contributed by atoms with E-state index < -0.39 is 24.5 Å². The van der Waals surface area contributed by atoms with E-state index in [1.165, 1.54) is 6.08 Å². The highest BCUT2D eigenvalue weighted by atomic mass is 16.5. The number of para-hydroxylation sites is 1. The van der Waals surface area contributed by atoms with Gasteiger partial charge >= 0.3 is 5.97 Å². The molecular formula is C28H29NO6. The van der Waals surface area contributed by atoms with E-state index in [9.17, 15) is 9.59 Å². The molecule has 1 amide bonds. The van der Waals surface area contributed by atoms with Gasteiger partial charge in [0.05, 0.1) is 26.9 Å². The van der Waals surface area contributed by atoms with Crippen LogP contribution in [0.2, 0.25) is 0 Å². The predicted octanol–water partition coefficient (Wildman–Crippen LogP) is 4.56. The summed E-state index contributed by atoms with van der Waals surface area (Å²) in [6.07, 6.45) is 2.87. The Labute approximate surface area is 205 Å². The van der Waals surface area contributed by atoms with Gasteiger partial charge in [-0.1, -0.05) is 42.5 Å². The summed E-state index contributed by atoms with van der Waals surface area (Å²) in [5.41, 5.74) is 2.45. The molecule has 0 saturated heterocycles. The van der Waals surface area contributed by atoms with E-state index in [1.54, 1.807) is 20.3 Å². The van der Waals surface area contributed by atoms with Crippen LogP contribution in [0, 0.1) is 0 Å². The van der Waals surface area contributed by atoms with Crippen LogP contribution in [-0.4, -0.2) is 39.3 Å². The van der Waals surface area contributed by atoms with E-state index in [2.05, 4.69) is 5.32 Å². The maximum atomic E-state index is 12.7. The summed E-state index contributed by atoms with van der Waals surface area (Å²) in [6.45, 7) is 1.98. The average molecular weight is 476 g/mol. The number of amides is 1.